The molecule has 0 fully saturated rings. The molecule has 1 aliphatic rings. The van der Waals surface area contributed by atoms with E-state index in [4.69, 9.17) is 5.84 Å². The van der Waals surface area contributed by atoms with Gasteiger partial charge < -0.3 is 4.57 Å². The molecule has 4 nitrogen and oxygen atoms in total. The Balaban J connectivity index is 1.17. The molecule has 0 saturated heterocycles. The summed E-state index contributed by atoms with van der Waals surface area (Å²) in [5, 5.41) is 9.33. The van der Waals surface area contributed by atoms with Crippen molar-refractivity contribution in [3.05, 3.63) is 186 Å². The van der Waals surface area contributed by atoms with E-state index in [2.05, 4.69) is 175 Å². The van der Waals surface area contributed by atoms with Crippen molar-refractivity contribution < 1.29 is 0 Å². The average molecular weight is 649 g/mol. The number of para-hydroxylation sites is 1. The average Bonchev–Trinajstić information content (AvgIpc) is 3.62. The van der Waals surface area contributed by atoms with E-state index in [1.807, 2.05) is 11.2 Å². The lowest BCUT2D eigenvalue weighted by atomic mass is 9.79. The van der Waals surface area contributed by atoms with E-state index in [-0.39, 0.29) is 5.41 Å². The van der Waals surface area contributed by atoms with Crippen molar-refractivity contribution in [3.63, 3.8) is 0 Å². The van der Waals surface area contributed by atoms with Crippen LogP contribution in [0.3, 0.4) is 0 Å². The number of nitrogens with zero attached hydrogens (tertiary/aromatic N) is 3. The number of aromatic nitrogens is 1. The minimum absolute atomic E-state index is 0.104. The first-order valence-electron chi connectivity index (χ1n) is 17.5. The predicted octanol–water partition coefficient (Wildman–Crippen LogP) is 10.5. The number of hydrazine groups is 2. The Morgan fingerprint density at radius 3 is 1.78 bits per heavy atom. The summed E-state index contributed by atoms with van der Waals surface area (Å²) in [7, 11) is 0. The SMILES string of the molecule is CC1(C)c2ccccc2-c2c1c1ccccc1c1c2c2ccccc2n1-c1ccc(CN(Cc2ccccc2)N(N)Cc2ccccc2)cc1. The van der Waals surface area contributed by atoms with Gasteiger partial charge in [-0.3, -0.25) is 5.84 Å². The molecule has 0 amide bonds. The second-order valence-corrected chi connectivity index (χ2v) is 14.1. The summed E-state index contributed by atoms with van der Waals surface area (Å²) >= 11 is 0. The molecule has 1 heterocycles. The van der Waals surface area contributed by atoms with Crippen LogP contribution < -0.4 is 5.84 Å². The molecule has 50 heavy (non-hydrogen) atoms. The highest BCUT2D eigenvalue weighted by molar-refractivity contribution is 6.26. The molecule has 244 valence electrons. The summed E-state index contributed by atoms with van der Waals surface area (Å²) in [6.07, 6.45) is 0. The summed E-state index contributed by atoms with van der Waals surface area (Å²) in [5.41, 5.74) is 12.7. The highest BCUT2D eigenvalue weighted by atomic mass is 15.7. The van der Waals surface area contributed by atoms with Crippen molar-refractivity contribution in [1.29, 1.82) is 0 Å². The molecule has 9 rings (SSSR count). The highest BCUT2D eigenvalue weighted by Gasteiger charge is 2.39. The van der Waals surface area contributed by atoms with E-state index in [9.17, 15) is 0 Å². The molecular weight excluding hydrogens is 609 g/mol. The van der Waals surface area contributed by atoms with Crippen molar-refractivity contribution in [1.82, 2.24) is 14.7 Å². The summed E-state index contributed by atoms with van der Waals surface area (Å²) in [4.78, 5) is 0. The molecule has 0 unspecified atom stereocenters. The monoisotopic (exact) mass is 648 g/mol. The van der Waals surface area contributed by atoms with Crippen LogP contribution in [-0.4, -0.2) is 14.7 Å². The van der Waals surface area contributed by atoms with Crippen molar-refractivity contribution in [2.75, 3.05) is 0 Å². The molecule has 7 aromatic carbocycles. The number of hydrogen-bond donors (Lipinski definition) is 1. The van der Waals surface area contributed by atoms with Crippen LogP contribution in [0.1, 0.15) is 41.7 Å². The maximum absolute atomic E-state index is 6.78. The molecule has 2 N–H and O–H groups in total. The number of rotatable bonds is 8. The van der Waals surface area contributed by atoms with Crippen LogP contribution >= 0.6 is 0 Å². The maximum atomic E-state index is 6.78. The Hall–Kier alpha value is -5.52. The van der Waals surface area contributed by atoms with Crippen LogP contribution in [0.4, 0.5) is 0 Å². The molecule has 0 atom stereocenters. The lowest BCUT2D eigenvalue weighted by molar-refractivity contribution is -0.0511. The largest absolute Gasteiger partial charge is 0.309 e. The van der Waals surface area contributed by atoms with Gasteiger partial charge in [-0.15, -0.1) is 0 Å². The third kappa shape index (κ3) is 4.95. The zero-order valence-electron chi connectivity index (χ0n) is 28.6. The number of hydrogen-bond acceptors (Lipinski definition) is 3. The van der Waals surface area contributed by atoms with E-state index < -0.39 is 0 Å². The fraction of sp³-hybridized carbons (Fsp3) is 0.130. The topological polar surface area (TPSA) is 37.4 Å². The quantitative estimate of drug-likeness (QED) is 0.132. The number of benzene rings is 7. The molecule has 1 aromatic heterocycles. The van der Waals surface area contributed by atoms with E-state index >= 15 is 0 Å². The van der Waals surface area contributed by atoms with E-state index in [1.165, 1.54) is 71.5 Å². The van der Waals surface area contributed by atoms with E-state index in [0.29, 0.717) is 19.6 Å². The van der Waals surface area contributed by atoms with Gasteiger partial charge in [-0.05, 0) is 62.5 Å². The Bertz CT molecular complexity index is 2500. The van der Waals surface area contributed by atoms with Crippen LogP contribution in [0.25, 0.3) is 49.4 Å². The van der Waals surface area contributed by atoms with Crippen molar-refractivity contribution >= 4 is 32.6 Å². The lowest BCUT2D eigenvalue weighted by Crippen LogP contribution is -2.46. The molecular formula is C46H40N4. The van der Waals surface area contributed by atoms with E-state index in [0.717, 1.165) is 5.69 Å². The molecule has 0 saturated carbocycles. The summed E-state index contributed by atoms with van der Waals surface area (Å²) < 4.78 is 2.48. The van der Waals surface area contributed by atoms with Crippen LogP contribution in [0.2, 0.25) is 0 Å². The smallest absolute Gasteiger partial charge is 0.0625 e. The maximum Gasteiger partial charge on any atom is 0.0625 e. The first-order chi connectivity index (χ1) is 24.5. The Labute approximate surface area is 293 Å². The third-order valence-electron chi connectivity index (χ3n) is 10.6. The van der Waals surface area contributed by atoms with Gasteiger partial charge in [0, 0.05) is 40.4 Å². The molecule has 4 heteroatoms. The van der Waals surface area contributed by atoms with Gasteiger partial charge in [0.05, 0.1) is 17.6 Å². The molecule has 8 aromatic rings. The second-order valence-electron chi connectivity index (χ2n) is 14.1. The summed E-state index contributed by atoms with van der Waals surface area (Å²) in [6.45, 7) is 6.81. The number of fused-ring (bicyclic) bond motifs is 10. The Morgan fingerprint density at radius 1 is 0.540 bits per heavy atom. The van der Waals surface area contributed by atoms with Gasteiger partial charge in [-0.25, -0.2) is 5.01 Å². The first-order valence-corrected chi connectivity index (χ1v) is 17.5. The molecule has 0 bridgehead atoms. The minimum atomic E-state index is -0.104. The lowest BCUT2D eigenvalue weighted by Gasteiger charge is -2.31. The van der Waals surface area contributed by atoms with Crippen molar-refractivity contribution in [2.24, 2.45) is 5.84 Å². The zero-order chi connectivity index (χ0) is 33.8. The van der Waals surface area contributed by atoms with Gasteiger partial charge in [0.2, 0.25) is 0 Å². The number of nitrogens with two attached hydrogens (primary N) is 1. The standard InChI is InChI=1S/C46H40N4/c1-46(2)40-23-13-11-21-38(40)42-43-39-22-12-14-24-41(39)50(45(43)37-20-10-9-19-36(37)44(42)46)35-27-25-34(26-28-35)30-48(29-32-15-5-3-6-16-32)49(47)31-33-17-7-4-8-18-33/h3-28H,29-31,47H2,1-2H3. The summed E-state index contributed by atoms with van der Waals surface area (Å²) in [5.74, 6) is 6.78. The fourth-order valence-corrected chi connectivity index (χ4v) is 8.35. The van der Waals surface area contributed by atoms with Gasteiger partial charge >= 0.3 is 0 Å². The highest BCUT2D eigenvalue weighted by Crippen LogP contribution is 2.56. The predicted molar refractivity (Wildman–Crippen MR) is 208 cm³/mol. The molecule has 0 aliphatic heterocycles. The molecule has 0 spiro atoms. The van der Waals surface area contributed by atoms with Crippen LogP contribution in [0, 0.1) is 0 Å². The van der Waals surface area contributed by atoms with Crippen LogP contribution in [0.15, 0.2) is 158 Å². The zero-order valence-corrected chi connectivity index (χ0v) is 28.6. The van der Waals surface area contributed by atoms with Crippen LogP contribution in [-0.2, 0) is 25.0 Å². The molecule has 0 radical (unpaired) electrons. The van der Waals surface area contributed by atoms with Crippen molar-refractivity contribution in [2.45, 2.75) is 38.9 Å². The Kier molecular flexibility index (Phi) is 7.40. The molecule has 1 aliphatic carbocycles. The van der Waals surface area contributed by atoms with Gasteiger partial charge in [0.25, 0.3) is 0 Å². The van der Waals surface area contributed by atoms with Gasteiger partial charge in [-0.1, -0.05) is 153 Å². The third-order valence-corrected chi connectivity index (χ3v) is 10.6. The van der Waals surface area contributed by atoms with Crippen molar-refractivity contribution in [3.8, 4) is 16.8 Å². The fourth-order valence-electron chi connectivity index (χ4n) is 8.35. The van der Waals surface area contributed by atoms with Gasteiger partial charge in [-0.2, -0.15) is 5.12 Å². The summed E-state index contributed by atoms with van der Waals surface area (Å²) in [6, 6.07) is 57.0. The van der Waals surface area contributed by atoms with Crippen LogP contribution in [0.5, 0.6) is 0 Å². The van der Waals surface area contributed by atoms with E-state index in [1.54, 1.807) is 0 Å². The minimum Gasteiger partial charge on any atom is -0.309 e. The first kappa shape index (κ1) is 30.5. The normalized spacial score (nSPS) is 13.5. The van der Waals surface area contributed by atoms with Gasteiger partial charge in [0.1, 0.15) is 0 Å². The second kappa shape index (κ2) is 12.1. The Morgan fingerprint density at radius 2 is 1.08 bits per heavy atom. The van der Waals surface area contributed by atoms with Gasteiger partial charge in [0.15, 0.2) is 0 Å².